The third-order valence-corrected chi connectivity index (χ3v) is 2.54. The van der Waals surface area contributed by atoms with Gasteiger partial charge in [-0.05, 0) is 13.3 Å². The summed E-state index contributed by atoms with van der Waals surface area (Å²) in [4.78, 5) is 26.4. The molecule has 0 bridgehead atoms. The number of thiazole rings is 1. The summed E-state index contributed by atoms with van der Waals surface area (Å²) < 4.78 is 0. The maximum absolute atomic E-state index is 11.3. The van der Waals surface area contributed by atoms with Crippen molar-refractivity contribution in [2.45, 2.75) is 26.3 Å². The molecule has 0 unspecified atom stereocenters. The largest absolute Gasteiger partial charge is 0.345 e. The molecule has 1 heterocycles. The van der Waals surface area contributed by atoms with Crippen LogP contribution in [-0.2, 0) is 9.59 Å². The SMILES string of the molecule is CC[C@H](C)NC(=O)C(=O)Nc1nccs1. The molecule has 1 rings (SSSR count). The zero-order valence-electron chi connectivity index (χ0n) is 8.61. The van der Waals surface area contributed by atoms with Crippen molar-refractivity contribution in [1.82, 2.24) is 10.3 Å². The zero-order chi connectivity index (χ0) is 11.3. The van der Waals surface area contributed by atoms with Gasteiger partial charge in [0.2, 0.25) is 0 Å². The monoisotopic (exact) mass is 227 g/mol. The van der Waals surface area contributed by atoms with Gasteiger partial charge in [-0.3, -0.25) is 14.9 Å². The van der Waals surface area contributed by atoms with Gasteiger partial charge in [0.25, 0.3) is 0 Å². The first-order chi connectivity index (χ1) is 7.13. The van der Waals surface area contributed by atoms with Crippen LogP contribution in [0, 0.1) is 0 Å². The fourth-order valence-corrected chi connectivity index (χ4v) is 1.35. The van der Waals surface area contributed by atoms with Gasteiger partial charge in [-0.1, -0.05) is 6.92 Å². The number of hydrogen-bond donors (Lipinski definition) is 2. The molecule has 1 aromatic heterocycles. The van der Waals surface area contributed by atoms with Crippen LogP contribution < -0.4 is 10.6 Å². The second-order valence-corrected chi connectivity index (χ2v) is 3.97. The first-order valence-electron chi connectivity index (χ1n) is 4.64. The second kappa shape index (κ2) is 5.45. The highest BCUT2D eigenvalue weighted by Gasteiger charge is 2.15. The van der Waals surface area contributed by atoms with Gasteiger partial charge in [-0.25, -0.2) is 4.98 Å². The highest BCUT2D eigenvalue weighted by atomic mass is 32.1. The molecule has 15 heavy (non-hydrogen) atoms. The lowest BCUT2D eigenvalue weighted by Crippen LogP contribution is -2.40. The quantitative estimate of drug-likeness (QED) is 0.757. The van der Waals surface area contributed by atoms with Crippen LogP contribution in [0.25, 0.3) is 0 Å². The van der Waals surface area contributed by atoms with Crippen LogP contribution in [0.1, 0.15) is 20.3 Å². The number of nitrogens with one attached hydrogen (secondary N) is 2. The second-order valence-electron chi connectivity index (χ2n) is 3.07. The van der Waals surface area contributed by atoms with Crippen LogP contribution in [0.3, 0.4) is 0 Å². The van der Waals surface area contributed by atoms with E-state index in [1.54, 1.807) is 11.6 Å². The van der Waals surface area contributed by atoms with Crippen LogP contribution in [0.15, 0.2) is 11.6 Å². The molecule has 0 aliphatic carbocycles. The highest BCUT2D eigenvalue weighted by Crippen LogP contribution is 2.09. The number of carbonyl (C=O) groups excluding carboxylic acids is 2. The van der Waals surface area contributed by atoms with Gasteiger partial charge in [0.05, 0.1) is 0 Å². The zero-order valence-corrected chi connectivity index (χ0v) is 9.43. The Bertz CT molecular complexity index is 337. The van der Waals surface area contributed by atoms with E-state index >= 15 is 0 Å². The molecule has 0 fully saturated rings. The lowest BCUT2D eigenvalue weighted by molar-refractivity contribution is -0.136. The van der Waals surface area contributed by atoms with E-state index in [4.69, 9.17) is 0 Å². The molecular weight excluding hydrogens is 214 g/mol. The van der Waals surface area contributed by atoms with Crippen LogP contribution >= 0.6 is 11.3 Å². The maximum Gasteiger partial charge on any atom is 0.315 e. The first-order valence-corrected chi connectivity index (χ1v) is 5.52. The Balaban J connectivity index is 2.44. The van der Waals surface area contributed by atoms with E-state index in [1.165, 1.54) is 11.3 Å². The van der Waals surface area contributed by atoms with Crippen molar-refractivity contribution >= 4 is 28.3 Å². The molecular formula is C9H13N3O2S. The summed E-state index contributed by atoms with van der Waals surface area (Å²) in [6, 6.07) is -0.000421. The minimum absolute atomic E-state index is 0.000421. The molecule has 1 aromatic rings. The molecule has 1 atom stereocenters. The summed E-state index contributed by atoms with van der Waals surface area (Å²) in [7, 11) is 0. The highest BCUT2D eigenvalue weighted by molar-refractivity contribution is 7.13. The Morgan fingerprint density at radius 2 is 2.27 bits per heavy atom. The molecule has 0 aliphatic rings. The van der Waals surface area contributed by atoms with Crippen LogP contribution in [-0.4, -0.2) is 22.8 Å². The molecule has 5 nitrogen and oxygen atoms in total. The van der Waals surface area contributed by atoms with Gasteiger partial charge in [-0.2, -0.15) is 0 Å². The summed E-state index contributed by atoms with van der Waals surface area (Å²) in [5.41, 5.74) is 0. The van der Waals surface area contributed by atoms with Gasteiger partial charge >= 0.3 is 11.8 Å². The molecule has 0 saturated heterocycles. The molecule has 0 saturated carbocycles. The normalized spacial score (nSPS) is 11.9. The van der Waals surface area contributed by atoms with Crippen molar-refractivity contribution in [3.8, 4) is 0 Å². The third-order valence-electron chi connectivity index (χ3n) is 1.85. The lowest BCUT2D eigenvalue weighted by Gasteiger charge is -2.09. The third kappa shape index (κ3) is 3.67. The molecule has 0 spiro atoms. The summed E-state index contributed by atoms with van der Waals surface area (Å²) in [6.45, 7) is 3.78. The van der Waals surface area contributed by atoms with Gasteiger partial charge in [0.15, 0.2) is 5.13 Å². The van der Waals surface area contributed by atoms with Crippen molar-refractivity contribution in [2.24, 2.45) is 0 Å². The number of amides is 2. The van der Waals surface area contributed by atoms with E-state index in [2.05, 4.69) is 15.6 Å². The summed E-state index contributed by atoms with van der Waals surface area (Å²) in [5, 5.41) is 7.13. The average Bonchev–Trinajstić information content (AvgIpc) is 2.70. The Morgan fingerprint density at radius 3 is 2.80 bits per heavy atom. The van der Waals surface area contributed by atoms with Crippen molar-refractivity contribution in [1.29, 1.82) is 0 Å². The molecule has 6 heteroatoms. The first kappa shape index (κ1) is 11.6. The van der Waals surface area contributed by atoms with Gasteiger partial charge < -0.3 is 5.32 Å². The molecule has 0 aliphatic heterocycles. The predicted octanol–water partition coefficient (Wildman–Crippen LogP) is 0.996. The Morgan fingerprint density at radius 1 is 1.53 bits per heavy atom. The number of hydrogen-bond acceptors (Lipinski definition) is 4. The molecule has 82 valence electrons. The predicted molar refractivity (Wildman–Crippen MR) is 58.6 cm³/mol. The van der Waals surface area contributed by atoms with Crippen molar-refractivity contribution in [3.63, 3.8) is 0 Å². The van der Waals surface area contributed by atoms with E-state index in [9.17, 15) is 9.59 Å². The van der Waals surface area contributed by atoms with Crippen LogP contribution in [0.2, 0.25) is 0 Å². The number of nitrogens with zero attached hydrogens (tertiary/aromatic N) is 1. The standard InChI is InChI=1S/C9H13N3O2S/c1-3-6(2)11-7(13)8(14)12-9-10-4-5-15-9/h4-6H,3H2,1-2H3,(H,11,13)(H,10,12,14)/t6-/m0/s1. The number of aromatic nitrogens is 1. The number of anilines is 1. The van der Waals surface area contributed by atoms with Gasteiger partial charge in [-0.15, -0.1) is 11.3 Å². The fourth-order valence-electron chi connectivity index (χ4n) is 0.830. The molecule has 2 N–H and O–H groups in total. The minimum atomic E-state index is -0.676. The van der Waals surface area contributed by atoms with E-state index in [0.717, 1.165) is 6.42 Å². The minimum Gasteiger partial charge on any atom is -0.345 e. The molecule has 2 amide bonds. The Kier molecular flexibility index (Phi) is 4.23. The van der Waals surface area contributed by atoms with Gasteiger partial charge in [0, 0.05) is 17.6 Å². The maximum atomic E-state index is 11.3. The van der Waals surface area contributed by atoms with Crippen LogP contribution in [0.4, 0.5) is 5.13 Å². The Hall–Kier alpha value is -1.43. The molecule has 0 aromatic carbocycles. The summed E-state index contributed by atoms with van der Waals surface area (Å²) >= 11 is 1.27. The molecule has 0 radical (unpaired) electrons. The van der Waals surface area contributed by atoms with E-state index < -0.39 is 11.8 Å². The van der Waals surface area contributed by atoms with Crippen molar-refractivity contribution < 1.29 is 9.59 Å². The Labute approximate surface area is 91.9 Å². The average molecular weight is 227 g/mol. The van der Waals surface area contributed by atoms with Crippen molar-refractivity contribution in [3.05, 3.63) is 11.6 Å². The summed E-state index contributed by atoms with van der Waals surface area (Å²) in [6.07, 6.45) is 2.35. The lowest BCUT2D eigenvalue weighted by atomic mass is 10.2. The van der Waals surface area contributed by atoms with E-state index in [1.807, 2.05) is 13.8 Å². The smallest absolute Gasteiger partial charge is 0.315 e. The number of rotatable bonds is 3. The van der Waals surface area contributed by atoms with Gasteiger partial charge in [0.1, 0.15) is 0 Å². The van der Waals surface area contributed by atoms with E-state index in [0.29, 0.717) is 5.13 Å². The fraction of sp³-hybridized carbons (Fsp3) is 0.444. The summed E-state index contributed by atoms with van der Waals surface area (Å²) in [5.74, 6) is -1.30. The van der Waals surface area contributed by atoms with Crippen LogP contribution in [0.5, 0.6) is 0 Å². The van der Waals surface area contributed by atoms with E-state index in [-0.39, 0.29) is 6.04 Å². The van der Waals surface area contributed by atoms with Crippen molar-refractivity contribution in [2.75, 3.05) is 5.32 Å². The topological polar surface area (TPSA) is 71.1 Å². The number of carbonyl (C=O) groups is 2.